The average Bonchev–Trinajstić information content (AvgIpc) is 3.13. The Labute approximate surface area is 158 Å². The molecule has 3 heterocycles. The molecule has 0 aliphatic carbocycles. The Hall–Kier alpha value is -2.27. The Morgan fingerprint density at radius 2 is 1.92 bits per heavy atom. The molecule has 0 aliphatic rings. The Morgan fingerprint density at radius 3 is 2.52 bits per heavy atom. The second-order valence-corrected chi connectivity index (χ2v) is 5.62. The summed E-state index contributed by atoms with van der Waals surface area (Å²) >= 11 is 0. The number of imidazole rings is 1. The first-order valence-corrected chi connectivity index (χ1v) is 7.28. The lowest BCUT2D eigenvalue weighted by Gasteiger charge is -2.06. The summed E-state index contributed by atoms with van der Waals surface area (Å²) in [7, 11) is 1.84. The minimum Gasteiger partial charge on any atom is -0.461 e. The van der Waals surface area contributed by atoms with Gasteiger partial charge in [-0.05, 0) is 24.0 Å². The van der Waals surface area contributed by atoms with E-state index in [0.717, 1.165) is 0 Å². The van der Waals surface area contributed by atoms with E-state index in [0.29, 0.717) is 28.6 Å². The highest BCUT2D eigenvalue weighted by atomic mass is 35.5. The molecule has 0 saturated heterocycles. The molecule has 3 aromatic rings. The summed E-state index contributed by atoms with van der Waals surface area (Å²) in [6, 6.07) is 3.39. The van der Waals surface area contributed by atoms with Gasteiger partial charge in [0.15, 0.2) is 28.6 Å². The number of hydrogen-bond donors (Lipinski definition) is 2. The van der Waals surface area contributed by atoms with Crippen LogP contribution in [0.15, 0.2) is 22.8 Å². The fourth-order valence-corrected chi connectivity index (χ4v) is 2.08. The highest BCUT2D eigenvalue weighted by Gasteiger charge is 2.16. The average molecular weight is 383 g/mol. The third kappa shape index (κ3) is 4.04. The fourth-order valence-electron chi connectivity index (χ4n) is 2.08. The molecule has 25 heavy (non-hydrogen) atoms. The van der Waals surface area contributed by atoms with Crippen LogP contribution in [0.4, 0.5) is 5.82 Å². The van der Waals surface area contributed by atoms with Crippen molar-refractivity contribution in [2.45, 2.75) is 19.9 Å². The molecular formula is C16H20Cl2N6O. The van der Waals surface area contributed by atoms with Gasteiger partial charge in [0.25, 0.3) is 0 Å². The zero-order chi connectivity index (χ0) is 16.6. The van der Waals surface area contributed by atoms with Gasteiger partial charge in [0.1, 0.15) is 0 Å². The van der Waals surface area contributed by atoms with Crippen molar-refractivity contribution >= 4 is 41.8 Å². The van der Waals surface area contributed by atoms with E-state index < -0.39 is 0 Å². The number of aryl methyl sites for hydroxylation is 1. The van der Waals surface area contributed by atoms with E-state index in [4.69, 9.17) is 15.9 Å². The van der Waals surface area contributed by atoms with Crippen molar-refractivity contribution in [1.82, 2.24) is 19.5 Å². The van der Waals surface area contributed by atoms with Gasteiger partial charge in [0.2, 0.25) is 5.82 Å². The standard InChI is InChI=1S/C16H18N6O.2ClH/c1-9(2)10(17)6-7-12-19-14(18)13-16(20-12)22(3)15(21-13)11-5-4-8-23-11;;/h4-5,8-10H,17H2,1-3H3,(H2,18,19,20);2*1H. The van der Waals surface area contributed by atoms with Crippen LogP contribution in [0.5, 0.6) is 0 Å². The quantitative estimate of drug-likeness (QED) is 0.658. The number of halogens is 2. The van der Waals surface area contributed by atoms with Crippen LogP contribution >= 0.6 is 24.8 Å². The van der Waals surface area contributed by atoms with Crippen molar-refractivity contribution in [3.63, 3.8) is 0 Å². The largest absolute Gasteiger partial charge is 0.461 e. The summed E-state index contributed by atoms with van der Waals surface area (Å²) in [4.78, 5) is 13.1. The van der Waals surface area contributed by atoms with Crippen molar-refractivity contribution in [3.05, 3.63) is 24.2 Å². The van der Waals surface area contributed by atoms with Gasteiger partial charge in [-0.25, -0.2) is 15.0 Å². The maximum atomic E-state index is 6.00. The Balaban J connectivity index is 0.00000156. The van der Waals surface area contributed by atoms with E-state index in [1.54, 1.807) is 16.9 Å². The molecule has 0 amide bonds. The van der Waals surface area contributed by atoms with Gasteiger partial charge in [0.05, 0.1) is 12.3 Å². The Morgan fingerprint density at radius 1 is 1.20 bits per heavy atom. The van der Waals surface area contributed by atoms with E-state index in [9.17, 15) is 0 Å². The summed E-state index contributed by atoms with van der Waals surface area (Å²) < 4.78 is 7.19. The molecule has 0 aliphatic heterocycles. The molecule has 1 atom stereocenters. The van der Waals surface area contributed by atoms with Crippen molar-refractivity contribution in [3.8, 4) is 23.4 Å². The molecule has 0 spiro atoms. The number of fused-ring (bicyclic) bond motifs is 1. The predicted molar refractivity (Wildman–Crippen MR) is 103 cm³/mol. The molecule has 7 nitrogen and oxygen atoms in total. The van der Waals surface area contributed by atoms with E-state index >= 15 is 0 Å². The first-order chi connectivity index (χ1) is 11.0. The van der Waals surface area contributed by atoms with Crippen LogP contribution in [0.3, 0.4) is 0 Å². The fraction of sp³-hybridized carbons (Fsp3) is 0.312. The van der Waals surface area contributed by atoms with Crippen LogP contribution < -0.4 is 11.5 Å². The van der Waals surface area contributed by atoms with Crippen molar-refractivity contribution in [2.24, 2.45) is 18.7 Å². The molecule has 9 heteroatoms. The van der Waals surface area contributed by atoms with Gasteiger partial charge in [-0.15, -0.1) is 24.8 Å². The lowest BCUT2D eigenvalue weighted by atomic mass is 10.1. The van der Waals surface area contributed by atoms with Gasteiger partial charge in [-0.2, -0.15) is 0 Å². The van der Waals surface area contributed by atoms with Crippen LogP contribution in [-0.4, -0.2) is 25.6 Å². The van der Waals surface area contributed by atoms with Crippen molar-refractivity contribution < 1.29 is 4.42 Å². The number of hydrogen-bond acceptors (Lipinski definition) is 6. The van der Waals surface area contributed by atoms with Gasteiger partial charge in [-0.1, -0.05) is 19.8 Å². The topological polar surface area (TPSA) is 109 Å². The molecule has 4 N–H and O–H groups in total. The summed E-state index contributed by atoms with van der Waals surface area (Å²) in [5.41, 5.74) is 13.1. The predicted octanol–water partition coefficient (Wildman–Crippen LogP) is 2.38. The summed E-state index contributed by atoms with van der Waals surface area (Å²) in [5, 5.41) is 0. The SMILES string of the molecule is CC(C)C(N)C#Cc1nc(N)c2nc(-c3ccco3)n(C)c2n1.Cl.Cl. The van der Waals surface area contributed by atoms with E-state index in [1.807, 2.05) is 27.0 Å². The van der Waals surface area contributed by atoms with E-state index in [-0.39, 0.29) is 42.6 Å². The van der Waals surface area contributed by atoms with Gasteiger partial charge in [-0.3, -0.25) is 0 Å². The highest BCUT2D eigenvalue weighted by molar-refractivity contribution is 5.86. The minimum absolute atomic E-state index is 0. The maximum absolute atomic E-state index is 6.00. The molecule has 0 radical (unpaired) electrons. The highest BCUT2D eigenvalue weighted by Crippen LogP contribution is 2.25. The lowest BCUT2D eigenvalue weighted by Crippen LogP contribution is -2.24. The van der Waals surface area contributed by atoms with Crippen LogP contribution in [0.25, 0.3) is 22.7 Å². The zero-order valence-corrected chi connectivity index (χ0v) is 15.7. The number of nitrogens with zero attached hydrogens (tertiary/aromatic N) is 4. The second-order valence-electron chi connectivity index (χ2n) is 5.62. The minimum atomic E-state index is -0.235. The molecule has 1 unspecified atom stereocenters. The molecular weight excluding hydrogens is 363 g/mol. The number of nitrogens with two attached hydrogens (primary N) is 2. The van der Waals surface area contributed by atoms with Crippen LogP contribution in [0.2, 0.25) is 0 Å². The van der Waals surface area contributed by atoms with Crippen LogP contribution in [0.1, 0.15) is 19.7 Å². The molecule has 3 aromatic heterocycles. The normalized spacial score (nSPS) is 11.4. The third-order valence-electron chi connectivity index (χ3n) is 3.56. The number of nitrogen functional groups attached to an aromatic ring is 1. The van der Waals surface area contributed by atoms with Crippen LogP contribution in [-0.2, 0) is 7.05 Å². The molecule has 0 saturated carbocycles. The van der Waals surface area contributed by atoms with Gasteiger partial charge >= 0.3 is 0 Å². The molecule has 134 valence electrons. The zero-order valence-electron chi connectivity index (χ0n) is 14.1. The Kier molecular flexibility index (Phi) is 6.82. The monoisotopic (exact) mass is 382 g/mol. The number of rotatable bonds is 2. The third-order valence-corrected chi connectivity index (χ3v) is 3.56. The summed E-state index contributed by atoms with van der Waals surface area (Å²) in [6.07, 6.45) is 1.59. The van der Waals surface area contributed by atoms with Crippen LogP contribution in [0, 0.1) is 17.8 Å². The molecule has 3 rings (SSSR count). The molecule has 0 fully saturated rings. The number of aromatic nitrogens is 4. The molecule has 0 aromatic carbocycles. The van der Waals surface area contributed by atoms with E-state index in [2.05, 4.69) is 26.8 Å². The summed E-state index contributed by atoms with van der Waals surface area (Å²) in [6.45, 7) is 4.02. The first kappa shape index (κ1) is 20.8. The number of furan rings is 1. The number of anilines is 1. The molecule has 0 bridgehead atoms. The van der Waals surface area contributed by atoms with Gasteiger partial charge in [0, 0.05) is 7.05 Å². The second kappa shape index (κ2) is 8.21. The first-order valence-electron chi connectivity index (χ1n) is 7.28. The lowest BCUT2D eigenvalue weighted by molar-refractivity contribution is 0.574. The Bertz CT molecular complexity index is 908. The van der Waals surface area contributed by atoms with Gasteiger partial charge < -0.3 is 20.5 Å². The van der Waals surface area contributed by atoms with E-state index in [1.165, 1.54) is 0 Å². The van der Waals surface area contributed by atoms with Crippen molar-refractivity contribution in [1.29, 1.82) is 0 Å². The maximum Gasteiger partial charge on any atom is 0.209 e. The van der Waals surface area contributed by atoms with Crippen molar-refractivity contribution in [2.75, 3.05) is 5.73 Å². The smallest absolute Gasteiger partial charge is 0.209 e. The summed E-state index contributed by atoms with van der Waals surface area (Å²) in [5.74, 6) is 7.98.